The lowest BCUT2D eigenvalue weighted by Gasteiger charge is -2.55. The molecule has 1 aromatic carbocycles. The predicted molar refractivity (Wildman–Crippen MR) is 99.4 cm³/mol. The number of piperidine rings is 1. The van der Waals surface area contributed by atoms with Crippen molar-refractivity contribution in [1.82, 2.24) is 5.32 Å². The summed E-state index contributed by atoms with van der Waals surface area (Å²) < 4.78 is 6.33. The van der Waals surface area contributed by atoms with Crippen molar-refractivity contribution in [3.05, 3.63) is 35.9 Å². The number of carbonyl (C=O) groups is 1. The first-order chi connectivity index (χ1) is 12.1. The number of fused-ring (bicyclic) bond motifs is 1. The second kappa shape index (κ2) is 6.75. The first-order valence-electron chi connectivity index (χ1n) is 10.1. The van der Waals surface area contributed by atoms with E-state index >= 15 is 0 Å². The van der Waals surface area contributed by atoms with E-state index in [2.05, 4.69) is 36.5 Å². The van der Waals surface area contributed by atoms with E-state index in [0.29, 0.717) is 11.8 Å². The molecular formula is C22H31NO2. The second-order valence-corrected chi connectivity index (χ2v) is 8.63. The van der Waals surface area contributed by atoms with E-state index in [9.17, 15) is 4.79 Å². The SMILES string of the molecule is CC1(OC(=O)C2(c3ccccc3)CCCCCC2)CC2CNCCC21. The van der Waals surface area contributed by atoms with E-state index < -0.39 is 5.41 Å². The van der Waals surface area contributed by atoms with Gasteiger partial charge in [0.15, 0.2) is 0 Å². The molecule has 0 amide bonds. The maximum absolute atomic E-state index is 13.5. The summed E-state index contributed by atoms with van der Waals surface area (Å²) in [6.45, 7) is 4.31. The Morgan fingerprint density at radius 3 is 2.52 bits per heavy atom. The molecule has 1 saturated heterocycles. The van der Waals surface area contributed by atoms with Crippen molar-refractivity contribution < 1.29 is 9.53 Å². The van der Waals surface area contributed by atoms with Crippen molar-refractivity contribution >= 4 is 5.97 Å². The minimum absolute atomic E-state index is 0.0417. The van der Waals surface area contributed by atoms with Gasteiger partial charge in [0.1, 0.15) is 5.60 Å². The van der Waals surface area contributed by atoms with Gasteiger partial charge in [-0.1, -0.05) is 56.0 Å². The molecule has 136 valence electrons. The van der Waals surface area contributed by atoms with Crippen LogP contribution in [0, 0.1) is 11.8 Å². The average molecular weight is 341 g/mol. The number of hydrogen-bond donors (Lipinski definition) is 1. The quantitative estimate of drug-likeness (QED) is 0.661. The monoisotopic (exact) mass is 341 g/mol. The van der Waals surface area contributed by atoms with Gasteiger partial charge in [0, 0.05) is 5.92 Å². The summed E-state index contributed by atoms with van der Waals surface area (Å²) in [5.74, 6) is 1.27. The fourth-order valence-electron chi connectivity index (χ4n) is 5.58. The van der Waals surface area contributed by atoms with Crippen LogP contribution in [0.15, 0.2) is 30.3 Å². The Hall–Kier alpha value is -1.35. The normalized spacial score (nSPS) is 34.3. The molecule has 1 aliphatic heterocycles. The lowest BCUT2D eigenvalue weighted by atomic mass is 9.59. The molecule has 2 saturated carbocycles. The summed E-state index contributed by atoms with van der Waals surface area (Å²) in [6, 6.07) is 10.4. The summed E-state index contributed by atoms with van der Waals surface area (Å²) in [4.78, 5) is 13.5. The standard InChI is InChI=1S/C22H31NO2/c1-21(15-17-16-23-14-11-19(17)21)25-20(24)22(12-7-2-3-8-13-22)18-9-5-4-6-10-18/h4-6,9-10,17,19,23H,2-3,7-8,11-16H2,1H3. The van der Waals surface area contributed by atoms with E-state index in [0.717, 1.165) is 57.2 Å². The summed E-state index contributed by atoms with van der Waals surface area (Å²) in [6.07, 6.45) is 8.72. The maximum atomic E-state index is 13.5. The highest BCUT2D eigenvalue weighted by molar-refractivity contribution is 5.83. The molecule has 3 atom stereocenters. The molecule has 1 aromatic rings. The minimum Gasteiger partial charge on any atom is -0.458 e. The average Bonchev–Trinajstić information content (AvgIpc) is 2.89. The van der Waals surface area contributed by atoms with Crippen molar-refractivity contribution in [3.8, 4) is 0 Å². The fraction of sp³-hybridized carbons (Fsp3) is 0.682. The number of ether oxygens (including phenoxy) is 1. The molecule has 25 heavy (non-hydrogen) atoms. The molecule has 4 rings (SSSR count). The Morgan fingerprint density at radius 1 is 1.12 bits per heavy atom. The Labute approximate surface area is 151 Å². The van der Waals surface area contributed by atoms with Gasteiger partial charge >= 0.3 is 5.97 Å². The minimum atomic E-state index is -0.432. The number of nitrogens with one attached hydrogen (secondary N) is 1. The zero-order chi connectivity index (χ0) is 17.3. The molecule has 0 bridgehead atoms. The van der Waals surface area contributed by atoms with E-state index in [1.165, 1.54) is 12.8 Å². The molecule has 0 spiro atoms. The molecule has 3 aliphatic rings. The van der Waals surface area contributed by atoms with Crippen LogP contribution >= 0.6 is 0 Å². The third kappa shape index (κ3) is 3.01. The van der Waals surface area contributed by atoms with E-state index in [1.807, 2.05) is 6.07 Å². The third-order valence-electron chi connectivity index (χ3n) is 7.06. The number of rotatable bonds is 3. The number of benzene rings is 1. The molecule has 1 heterocycles. The van der Waals surface area contributed by atoms with Crippen LogP contribution in [0.25, 0.3) is 0 Å². The van der Waals surface area contributed by atoms with Crippen molar-refractivity contribution in [3.63, 3.8) is 0 Å². The van der Waals surface area contributed by atoms with Crippen LogP contribution in [0.4, 0.5) is 0 Å². The van der Waals surface area contributed by atoms with Crippen LogP contribution in [0.2, 0.25) is 0 Å². The zero-order valence-corrected chi connectivity index (χ0v) is 15.4. The summed E-state index contributed by atoms with van der Waals surface area (Å²) in [5, 5.41) is 3.47. The van der Waals surface area contributed by atoms with Crippen LogP contribution in [0.5, 0.6) is 0 Å². The molecule has 0 aromatic heterocycles. The van der Waals surface area contributed by atoms with Gasteiger partial charge in [0.2, 0.25) is 0 Å². The van der Waals surface area contributed by atoms with Gasteiger partial charge in [0.05, 0.1) is 5.41 Å². The smallest absolute Gasteiger partial charge is 0.317 e. The largest absolute Gasteiger partial charge is 0.458 e. The Kier molecular flexibility index (Phi) is 4.61. The van der Waals surface area contributed by atoms with E-state index in [-0.39, 0.29) is 11.6 Å². The first kappa shape index (κ1) is 17.1. The van der Waals surface area contributed by atoms with E-state index in [4.69, 9.17) is 4.74 Å². The van der Waals surface area contributed by atoms with E-state index in [1.54, 1.807) is 0 Å². The van der Waals surface area contributed by atoms with Gasteiger partial charge < -0.3 is 10.1 Å². The predicted octanol–water partition coefficient (Wildman–Crippen LogP) is 4.21. The highest BCUT2D eigenvalue weighted by Crippen LogP contribution is 2.51. The van der Waals surface area contributed by atoms with Crippen molar-refractivity contribution in [2.45, 2.75) is 69.3 Å². The van der Waals surface area contributed by atoms with Crippen LogP contribution in [0.1, 0.15) is 63.9 Å². The number of carbonyl (C=O) groups excluding carboxylic acids is 1. The molecule has 3 fully saturated rings. The van der Waals surface area contributed by atoms with Crippen LogP contribution in [-0.2, 0) is 14.9 Å². The Morgan fingerprint density at radius 2 is 1.84 bits per heavy atom. The molecule has 1 N–H and O–H groups in total. The van der Waals surface area contributed by atoms with Crippen LogP contribution in [-0.4, -0.2) is 24.7 Å². The Balaban J connectivity index is 1.58. The van der Waals surface area contributed by atoms with Crippen LogP contribution < -0.4 is 5.32 Å². The molecular weight excluding hydrogens is 310 g/mol. The van der Waals surface area contributed by atoms with Gasteiger partial charge in [0.25, 0.3) is 0 Å². The van der Waals surface area contributed by atoms with Gasteiger partial charge in [-0.3, -0.25) is 4.79 Å². The van der Waals surface area contributed by atoms with Gasteiger partial charge in [-0.05, 0) is 57.2 Å². The highest BCUT2D eigenvalue weighted by Gasteiger charge is 2.56. The van der Waals surface area contributed by atoms with Crippen molar-refractivity contribution in [2.75, 3.05) is 13.1 Å². The highest BCUT2D eigenvalue weighted by atomic mass is 16.6. The van der Waals surface area contributed by atoms with Gasteiger partial charge in [-0.2, -0.15) is 0 Å². The summed E-state index contributed by atoms with van der Waals surface area (Å²) >= 11 is 0. The van der Waals surface area contributed by atoms with Crippen LogP contribution in [0.3, 0.4) is 0 Å². The maximum Gasteiger partial charge on any atom is 0.317 e. The number of hydrogen-bond acceptors (Lipinski definition) is 3. The number of esters is 1. The van der Waals surface area contributed by atoms with Gasteiger partial charge in [-0.15, -0.1) is 0 Å². The van der Waals surface area contributed by atoms with Crippen molar-refractivity contribution in [2.24, 2.45) is 11.8 Å². The summed E-state index contributed by atoms with van der Waals surface area (Å²) in [7, 11) is 0. The second-order valence-electron chi connectivity index (χ2n) is 8.63. The molecule has 0 radical (unpaired) electrons. The third-order valence-corrected chi connectivity index (χ3v) is 7.06. The molecule has 3 heteroatoms. The van der Waals surface area contributed by atoms with Crippen molar-refractivity contribution in [1.29, 1.82) is 0 Å². The fourth-order valence-corrected chi connectivity index (χ4v) is 5.58. The lowest BCUT2D eigenvalue weighted by Crippen LogP contribution is -2.61. The molecule has 3 unspecified atom stereocenters. The summed E-state index contributed by atoms with van der Waals surface area (Å²) in [5.41, 5.74) is 0.475. The zero-order valence-electron chi connectivity index (χ0n) is 15.4. The first-order valence-corrected chi connectivity index (χ1v) is 10.1. The topological polar surface area (TPSA) is 38.3 Å². The van der Waals surface area contributed by atoms with Gasteiger partial charge in [-0.25, -0.2) is 0 Å². The lowest BCUT2D eigenvalue weighted by molar-refractivity contribution is -0.201. The Bertz CT molecular complexity index is 606. The molecule has 3 nitrogen and oxygen atoms in total. The molecule has 2 aliphatic carbocycles.